The number of halogens is 1. The van der Waals surface area contributed by atoms with Gasteiger partial charge in [0.1, 0.15) is 0 Å². The zero-order valence-corrected chi connectivity index (χ0v) is 9.23. The second-order valence-electron chi connectivity index (χ2n) is 1.49. The van der Waals surface area contributed by atoms with E-state index < -0.39 is 0 Å². The van der Waals surface area contributed by atoms with E-state index in [1.165, 1.54) is 0 Å². The van der Waals surface area contributed by atoms with Crippen LogP contribution in [0.25, 0.3) is 0 Å². The van der Waals surface area contributed by atoms with Crippen LogP contribution in [0.15, 0.2) is 0 Å². The Morgan fingerprint density at radius 3 is 2.00 bits per heavy atom. The molecule has 0 aliphatic carbocycles. The Hall–Kier alpha value is 1.12. The van der Waals surface area contributed by atoms with Crippen LogP contribution in [0.1, 0.15) is 0 Å². The normalized spacial score (nSPS) is 14.0. The molecule has 0 amide bonds. The van der Waals surface area contributed by atoms with E-state index in [1.54, 1.807) is 0 Å². The third kappa shape index (κ3) is 5.12. The lowest BCUT2D eigenvalue weighted by molar-refractivity contribution is 0.673. The standard InChI is InChI=1S/C2H10INSi2/c1-4(2)6-5-3/h5-6H2,1-2H3. The summed E-state index contributed by atoms with van der Waals surface area (Å²) >= 11 is 2.56. The first kappa shape index (κ1) is 7.12. The van der Waals surface area contributed by atoms with Gasteiger partial charge in [0.2, 0.25) is 0 Å². The number of nitrogens with zero attached hydrogens (tertiary/aromatic N) is 1. The summed E-state index contributed by atoms with van der Waals surface area (Å²) in [4.78, 5) is 0. The first-order chi connectivity index (χ1) is 2.77. The molecule has 38 valence electrons. The highest BCUT2D eigenvalue weighted by atomic mass is 127. The lowest BCUT2D eigenvalue weighted by atomic mass is 11.3. The number of hydrogen-bond acceptors (Lipinski definition) is 1. The highest BCUT2D eigenvalue weighted by Crippen LogP contribution is 1.72. The summed E-state index contributed by atoms with van der Waals surface area (Å²) in [5, 5.41) is 0. The fourth-order valence-corrected chi connectivity index (χ4v) is 10.2. The zero-order chi connectivity index (χ0) is 4.99. The summed E-state index contributed by atoms with van der Waals surface area (Å²) < 4.78 is 2.37. The molecule has 0 saturated carbocycles. The molecule has 6 heavy (non-hydrogen) atoms. The monoisotopic (exact) mass is 231 g/mol. The van der Waals surface area contributed by atoms with Crippen LogP contribution >= 0.6 is 21.8 Å². The van der Waals surface area contributed by atoms with E-state index in [1.807, 2.05) is 0 Å². The Kier molecular flexibility index (Phi) is 5.09. The van der Waals surface area contributed by atoms with Crippen molar-refractivity contribution >= 4 is 37.5 Å². The van der Waals surface area contributed by atoms with Crippen LogP contribution in [0.2, 0.25) is 0 Å². The van der Waals surface area contributed by atoms with E-state index in [2.05, 4.69) is 40.5 Å². The lowest BCUT2D eigenvalue weighted by Crippen LogP contribution is -2.20. The molecule has 0 bridgehead atoms. The van der Waals surface area contributed by atoms with Gasteiger partial charge in [-0.1, -0.05) is 0 Å². The van der Waals surface area contributed by atoms with Crippen LogP contribution in [-0.2, 0) is 0 Å². The van der Waals surface area contributed by atoms with Gasteiger partial charge >= 0.3 is 0 Å². The van der Waals surface area contributed by atoms with Crippen molar-refractivity contribution in [2.45, 2.75) is 0 Å². The molecule has 0 saturated heterocycles. The summed E-state index contributed by atoms with van der Waals surface area (Å²) in [7, 11) is 4.67. The maximum absolute atomic E-state index is 2.56. The molecule has 1 nitrogen and oxygen atoms in total. The van der Waals surface area contributed by atoms with Gasteiger partial charge in [0.05, 0.1) is 15.7 Å². The van der Waals surface area contributed by atoms with E-state index in [0.717, 1.165) is 0 Å². The van der Waals surface area contributed by atoms with Crippen molar-refractivity contribution < 1.29 is 0 Å². The van der Waals surface area contributed by atoms with Gasteiger partial charge in [0.25, 0.3) is 0 Å². The Morgan fingerprint density at radius 2 is 2.00 bits per heavy atom. The predicted octanol–water partition coefficient (Wildman–Crippen LogP) is -0.934. The van der Waals surface area contributed by atoms with Crippen LogP contribution < -0.4 is 0 Å². The highest BCUT2D eigenvalue weighted by Gasteiger charge is 1.83. The quantitative estimate of drug-likeness (QED) is 0.337. The molecule has 0 unspecified atom stereocenters. The average molecular weight is 231 g/mol. The summed E-state index contributed by atoms with van der Waals surface area (Å²) in [6.07, 6.45) is 0. The van der Waals surface area contributed by atoms with Crippen molar-refractivity contribution in [1.29, 1.82) is 0 Å². The molecule has 0 aliphatic heterocycles. The molecular weight excluding hydrogens is 221 g/mol. The molecule has 0 spiro atoms. The second-order valence-corrected chi connectivity index (χ2v) is 15.8. The minimum absolute atomic E-state index is 0.315. The SMILES string of the molecule is CN(C)[SiH2][SiH2]I. The summed E-state index contributed by atoms with van der Waals surface area (Å²) in [6.45, 7) is 0.401. The third-order valence-electron chi connectivity index (χ3n) is 0.532. The van der Waals surface area contributed by atoms with Gasteiger partial charge in [-0.3, -0.25) is 0 Å². The van der Waals surface area contributed by atoms with Gasteiger partial charge in [-0.25, -0.2) is 0 Å². The molecule has 0 radical (unpaired) electrons. The smallest absolute Gasteiger partial charge is 0.0973 e. The maximum atomic E-state index is 2.56. The van der Waals surface area contributed by atoms with Gasteiger partial charge in [-0.2, -0.15) is 0 Å². The average Bonchev–Trinajstić information content (AvgIpc) is 1.35. The van der Waals surface area contributed by atoms with Gasteiger partial charge in [0, 0.05) is 0 Å². The first-order valence-electron chi connectivity index (χ1n) is 1.98. The van der Waals surface area contributed by atoms with E-state index >= 15 is 0 Å². The number of hydrogen-bond donors (Lipinski definition) is 0. The van der Waals surface area contributed by atoms with E-state index in [-0.39, 0.29) is 0 Å². The molecule has 0 atom stereocenters. The highest BCUT2D eigenvalue weighted by molar-refractivity contribution is 14.1. The third-order valence-corrected chi connectivity index (χ3v) is 9.13. The van der Waals surface area contributed by atoms with Crippen molar-refractivity contribution in [3.05, 3.63) is 0 Å². The van der Waals surface area contributed by atoms with E-state index in [9.17, 15) is 0 Å². The van der Waals surface area contributed by atoms with Gasteiger partial charge in [-0.05, 0) is 14.1 Å². The summed E-state index contributed by atoms with van der Waals surface area (Å²) in [5.41, 5.74) is 0. The minimum Gasteiger partial charge on any atom is -0.336 e. The van der Waals surface area contributed by atoms with Crippen LogP contribution in [0.5, 0.6) is 0 Å². The summed E-state index contributed by atoms with van der Waals surface area (Å²) in [6, 6.07) is 0. The largest absolute Gasteiger partial charge is 0.336 e. The molecule has 0 heterocycles. The minimum atomic E-state index is 0.315. The van der Waals surface area contributed by atoms with Crippen molar-refractivity contribution in [2.24, 2.45) is 0 Å². The Bertz CT molecular complexity index is 32.7. The van der Waals surface area contributed by atoms with Crippen molar-refractivity contribution in [3.8, 4) is 0 Å². The van der Waals surface area contributed by atoms with Crippen molar-refractivity contribution in [3.63, 3.8) is 0 Å². The van der Waals surface area contributed by atoms with Crippen molar-refractivity contribution in [1.82, 2.24) is 4.57 Å². The molecule has 0 aromatic heterocycles. The Morgan fingerprint density at radius 1 is 1.50 bits per heavy atom. The molecule has 0 aromatic rings. The van der Waals surface area contributed by atoms with E-state index in [4.69, 9.17) is 0 Å². The summed E-state index contributed by atoms with van der Waals surface area (Å²) in [5.74, 6) is 0. The Balaban J connectivity index is 2.63. The molecule has 0 aromatic carbocycles. The topological polar surface area (TPSA) is 3.24 Å². The molecular formula is C2H10INSi2. The van der Waals surface area contributed by atoms with Crippen LogP contribution in [-0.4, -0.2) is 34.4 Å². The van der Waals surface area contributed by atoms with Gasteiger partial charge in [-0.15, -0.1) is 21.8 Å². The fourth-order valence-electron chi connectivity index (χ4n) is 0.169. The maximum Gasteiger partial charge on any atom is 0.0973 e. The molecule has 0 rings (SSSR count). The van der Waals surface area contributed by atoms with Crippen LogP contribution in [0, 0.1) is 0 Å². The molecule has 0 aliphatic rings. The Labute approximate surface area is 56.2 Å². The van der Waals surface area contributed by atoms with Gasteiger partial charge in [0.15, 0.2) is 0 Å². The zero-order valence-electron chi connectivity index (χ0n) is 4.24. The first-order valence-corrected chi connectivity index (χ1v) is 11.7. The lowest BCUT2D eigenvalue weighted by Gasteiger charge is -2.02. The number of rotatable bonds is 2. The van der Waals surface area contributed by atoms with Crippen molar-refractivity contribution in [2.75, 3.05) is 14.1 Å². The predicted molar refractivity (Wildman–Crippen MR) is 44.8 cm³/mol. The van der Waals surface area contributed by atoms with Gasteiger partial charge < -0.3 is 4.57 Å². The fraction of sp³-hybridized carbons (Fsp3) is 1.00. The van der Waals surface area contributed by atoms with Crippen LogP contribution in [0.4, 0.5) is 0 Å². The van der Waals surface area contributed by atoms with E-state index in [0.29, 0.717) is 15.7 Å². The molecule has 0 fully saturated rings. The molecule has 4 heteroatoms. The molecule has 0 N–H and O–H groups in total. The van der Waals surface area contributed by atoms with Crippen LogP contribution in [0.3, 0.4) is 0 Å². The second kappa shape index (κ2) is 4.29.